The number of likely N-dealkylation sites (tertiary alicyclic amines) is 1. The lowest BCUT2D eigenvalue weighted by molar-refractivity contribution is -0.149. The van der Waals surface area contributed by atoms with Crippen molar-refractivity contribution in [2.45, 2.75) is 13.0 Å². The predicted molar refractivity (Wildman–Crippen MR) is 87.8 cm³/mol. The number of β-lactam (4-membered cyclic amide) rings is 1. The van der Waals surface area contributed by atoms with Crippen molar-refractivity contribution in [2.75, 3.05) is 26.9 Å². The fourth-order valence-corrected chi connectivity index (χ4v) is 2.45. The number of methoxy groups -OCH3 is 1. The van der Waals surface area contributed by atoms with Gasteiger partial charge in [0, 0.05) is 7.11 Å². The summed E-state index contributed by atoms with van der Waals surface area (Å²) >= 11 is 0. The molecular formula is C17H20N2O6. The number of hydrogen-bond acceptors (Lipinski definition) is 5. The van der Waals surface area contributed by atoms with E-state index in [0.717, 1.165) is 4.90 Å². The van der Waals surface area contributed by atoms with Crippen LogP contribution in [0.25, 0.3) is 0 Å². The molecule has 1 unspecified atom stereocenters. The van der Waals surface area contributed by atoms with E-state index in [9.17, 15) is 19.5 Å². The Kier molecular flexibility index (Phi) is 6.13. The first-order valence-electron chi connectivity index (χ1n) is 7.64. The first kappa shape index (κ1) is 18.5. The Morgan fingerprint density at radius 1 is 1.28 bits per heavy atom. The van der Waals surface area contributed by atoms with Crippen molar-refractivity contribution in [2.24, 2.45) is 0 Å². The fraction of sp³-hybridized carbons (Fsp3) is 0.353. The topological polar surface area (TPSA) is 105 Å². The van der Waals surface area contributed by atoms with Gasteiger partial charge in [0.1, 0.15) is 17.5 Å². The molecule has 0 aromatic heterocycles. The molecule has 1 atom stereocenters. The van der Waals surface area contributed by atoms with Crippen molar-refractivity contribution >= 4 is 17.8 Å². The van der Waals surface area contributed by atoms with Crippen LogP contribution in [-0.4, -0.2) is 60.7 Å². The van der Waals surface area contributed by atoms with Gasteiger partial charge >= 0.3 is 5.97 Å². The monoisotopic (exact) mass is 348 g/mol. The number of nitrogens with zero attached hydrogens (tertiary/aromatic N) is 1. The van der Waals surface area contributed by atoms with Crippen LogP contribution in [0.3, 0.4) is 0 Å². The highest BCUT2D eigenvalue weighted by molar-refractivity contribution is 6.00. The lowest BCUT2D eigenvalue weighted by Crippen LogP contribution is -2.64. The molecule has 2 rings (SSSR count). The van der Waals surface area contributed by atoms with E-state index in [1.165, 1.54) is 7.11 Å². The number of ether oxygens (including phenoxy) is 2. The minimum Gasteiger partial charge on any atom is -0.484 e. The zero-order valence-electron chi connectivity index (χ0n) is 14.0. The molecule has 1 fully saturated rings. The Labute approximate surface area is 145 Å². The lowest BCUT2D eigenvalue weighted by Gasteiger charge is -2.39. The number of hydrogen-bond donors (Lipinski definition) is 2. The van der Waals surface area contributed by atoms with Crippen LogP contribution in [0.4, 0.5) is 0 Å². The van der Waals surface area contributed by atoms with Crippen LogP contribution < -0.4 is 10.1 Å². The van der Waals surface area contributed by atoms with Gasteiger partial charge in [-0.05, 0) is 24.6 Å². The van der Waals surface area contributed by atoms with E-state index in [2.05, 4.69) is 5.32 Å². The molecular weight excluding hydrogens is 328 g/mol. The summed E-state index contributed by atoms with van der Waals surface area (Å²) < 4.78 is 10.2. The van der Waals surface area contributed by atoms with Crippen molar-refractivity contribution in [3.05, 3.63) is 41.6 Å². The number of rotatable bonds is 8. The van der Waals surface area contributed by atoms with E-state index >= 15 is 0 Å². The third-order valence-electron chi connectivity index (χ3n) is 3.62. The average molecular weight is 348 g/mol. The van der Waals surface area contributed by atoms with Crippen LogP contribution in [0.2, 0.25) is 0 Å². The molecule has 134 valence electrons. The molecule has 2 amide bonds. The smallest absolute Gasteiger partial charge is 0.352 e. The number of carboxylic acids is 1. The number of benzene rings is 1. The normalized spacial score (nSPS) is 17.4. The van der Waals surface area contributed by atoms with Gasteiger partial charge in [-0.1, -0.05) is 18.2 Å². The highest BCUT2D eigenvalue weighted by Gasteiger charge is 2.42. The van der Waals surface area contributed by atoms with E-state index in [0.29, 0.717) is 11.3 Å². The standard InChI is InChI=1S/C17H20N2O6/c1-11(9-24-2)15(17(22)23)19-8-13(16(19)21)18-14(20)10-25-12-6-4-3-5-7-12/h3-7,13H,8-10H2,1-2H3,(H,18,20)(H,22,23). The minimum absolute atomic E-state index is 0.0958. The van der Waals surface area contributed by atoms with Gasteiger partial charge in [-0.15, -0.1) is 0 Å². The van der Waals surface area contributed by atoms with E-state index in [1.807, 2.05) is 6.07 Å². The maximum Gasteiger partial charge on any atom is 0.352 e. The van der Waals surface area contributed by atoms with Gasteiger partial charge in [-0.2, -0.15) is 0 Å². The maximum atomic E-state index is 12.2. The second-order valence-electron chi connectivity index (χ2n) is 5.54. The van der Waals surface area contributed by atoms with Crippen LogP contribution in [-0.2, 0) is 19.1 Å². The van der Waals surface area contributed by atoms with Gasteiger partial charge in [0.25, 0.3) is 11.8 Å². The average Bonchev–Trinajstić information content (AvgIpc) is 2.59. The molecule has 1 aromatic rings. The molecule has 0 spiro atoms. The molecule has 25 heavy (non-hydrogen) atoms. The lowest BCUT2D eigenvalue weighted by atomic mass is 10.0. The summed E-state index contributed by atoms with van der Waals surface area (Å²) in [6, 6.07) is 8.06. The zero-order chi connectivity index (χ0) is 18.4. The van der Waals surface area contributed by atoms with Crippen molar-refractivity contribution in [3.63, 3.8) is 0 Å². The summed E-state index contributed by atoms with van der Waals surface area (Å²) in [6.45, 7) is 1.56. The van der Waals surface area contributed by atoms with Crippen molar-refractivity contribution in [3.8, 4) is 5.75 Å². The van der Waals surface area contributed by atoms with Crippen molar-refractivity contribution < 1.29 is 29.0 Å². The quantitative estimate of drug-likeness (QED) is 0.520. The second kappa shape index (κ2) is 8.29. The first-order valence-corrected chi connectivity index (χ1v) is 7.64. The molecule has 1 aromatic carbocycles. The minimum atomic E-state index is -1.21. The van der Waals surface area contributed by atoms with Crippen molar-refractivity contribution in [1.29, 1.82) is 0 Å². The number of para-hydroxylation sites is 1. The Bertz CT molecular complexity index is 686. The number of carboxylic acid groups (broad SMARTS) is 1. The van der Waals surface area contributed by atoms with Crippen LogP contribution in [0.5, 0.6) is 5.75 Å². The summed E-state index contributed by atoms with van der Waals surface area (Å²) in [5, 5.41) is 11.8. The number of aliphatic carboxylic acids is 1. The fourth-order valence-electron chi connectivity index (χ4n) is 2.45. The molecule has 2 N–H and O–H groups in total. The summed E-state index contributed by atoms with van der Waals surface area (Å²) in [5.41, 5.74) is 0.318. The summed E-state index contributed by atoms with van der Waals surface area (Å²) in [5.74, 6) is -1.58. The molecule has 0 bridgehead atoms. The molecule has 8 nitrogen and oxygen atoms in total. The maximum absolute atomic E-state index is 12.2. The summed E-state index contributed by atoms with van der Waals surface area (Å²) in [7, 11) is 1.44. The Balaban J connectivity index is 1.88. The second-order valence-corrected chi connectivity index (χ2v) is 5.54. The predicted octanol–water partition coefficient (Wildman–Crippen LogP) is 0.397. The van der Waals surface area contributed by atoms with Crippen LogP contribution >= 0.6 is 0 Å². The van der Waals surface area contributed by atoms with Gasteiger partial charge in [-0.25, -0.2) is 4.79 Å². The van der Waals surface area contributed by atoms with E-state index in [-0.39, 0.29) is 25.5 Å². The summed E-state index contributed by atoms with van der Waals surface area (Å²) in [4.78, 5) is 36.5. The molecule has 1 aliphatic heterocycles. The third-order valence-corrected chi connectivity index (χ3v) is 3.62. The van der Waals surface area contributed by atoms with Gasteiger partial charge in [0.05, 0.1) is 13.2 Å². The van der Waals surface area contributed by atoms with E-state index in [1.54, 1.807) is 31.2 Å². The molecule has 1 heterocycles. The number of amides is 2. The van der Waals surface area contributed by atoms with E-state index < -0.39 is 23.8 Å². The molecule has 1 aliphatic rings. The molecule has 0 aliphatic carbocycles. The Morgan fingerprint density at radius 2 is 1.96 bits per heavy atom. The third kappa shape index (κ3) is 4.57. The molecule has 0 radical (unpaired) electrons. The van der Waals surface area contributed by atoms with Crippen molar-refractivity contribution in [1.82, 2.24) is 10.2 Å². The molecule has 8 heteroatoms. The molecule has 1 saturated heterocycles. The van der Waals surface area contributed by atoms with E-state index in [4.69, 9.17) is 9.47 Å². The first-order chi connectivity index (χ1) is 11.9. The SMILES string of the molecule is COCC(C)=C(C(=O)O)N1CC(NC(=O)COc2ccccc2)C1=O. The Hall–Kier alpha value is -2.87. The van der Waals surface area contributed by atoms with Gasteiger partial charge in [0.15, 0.2) is 6.61 Å². The number of nitrogens with one attached hydrogen (secondary N) is 1. The van der Waals surface area contributed by atoms with Crippen LogP contribution in [0.1, 0.15) is 6.92 Å². The van der Waals surface area contributed by atoms with Gasteiger partial charge in [-0.3, -0.25) is 9.59 Å². The highest BCUT2D eigenvalue weighted by Crippen LogP contribution is 2.21. The highest BCUT2D eigenvalue weighted by atomic mass is 16.5. The largest absolute Gasteiger partial charge is 0.484 e. The van der Waals surface area contributed by atoms with Crippen LogP contribution in [0.15, 0.2) is 41.6 Å². The Morgan fingerprint density at radius 3 is 2.52 bits per heavy atom. The zero-order valence-corrected chi connectivity index (χ0v) is 14.0. The van der Waals surface area contributed by atoms with Gasteiger partial charge in [0.2, 0.25) is 0 Å². The van der Waals surface area contributed by atoms with Crippen LogP contribution in [0, 0.1) is 0 Å². The molecule has 0 saturated carbocycles. The number of carbonyl (C=O) groups excluding carboxylic acids is 2. The summed E-state index contributed by atoms with van der Waals surface area (Å²) in [6.07, 6.45) is 0. The van der Waals surface area contributed by atoms with Gasteiger partial charge < -0.3 is 24.8 Å². The number of carbonyl (C=O) groups is 3.